The molecule has 3 N–H and O–H groups in total. The van der Waals surface area contributed by atoms with Crippen molar-refractivity contribution in [1.29, 1.82) is 0 Å². The summed E-state index contributed by atoms with van der Waals surface area (Å²) in [6.07, 6.45) is 1.00. The number of nitrogens with one attached hydrogen (secondary N) is 2. The van der Waals surface area contributed by atoms with Crippen LogP contribution in [0.3, 0.4) is 0 Å². The Morgan fingerprint density at radius 1 is 0.889 bits per heavy atom. The molecule has 0 atom stereocenters. The molecular formula is C19H26Cl4N2O2. The highest BCUT2D eigenvalue weighted by Crippen LogP contribution is 2.24. The van der Waals surface area contributed by atoms with Crippen molar-refractivity contribution in [3.05, 3.63) is 63.6 Å². The van der Waals surface area contributed by atoms with Crippen molar-refractivity contribution in [3.8, 4) is 5.75 Å². The zero-order chi connectivity index (χ0) is 17.9. The highest BCUT2D eigenvalue weighted by molar-refractivity contribution is 6.35. The molecule has 152 valence electrons. The minimum atomic E-state index is 0. The number of ether oxygens (including phenoxy) is 1. The molecule has 27 heavy (non-hydrogen) atoms. The van der Waals surface area contributed by atoms with Gasteiger partial charge in [-0.25, -0.2) is 0 Å². The van der Waals surface area contributed by atoms with Crippen LogP contribution in [0.2, 0.25) is 10.0 Å². The zero-order valence-electron chi connectivity index (χ0n) is 14.9. The lowest BCUT2D eigenvalue weighted by molar-refractivity contribution is 0.292. The molecule has 0 amide bonds. The van der Waals surface area contributed by atoms with Gasteiger partial charge in [0.05, 0.1) is 6.61 Å². The van der Waals surface area contributed by atoms with Crippen molar-refractivity contribution in [2.45, 2.75) is 19.6 Å². The minimum Gasteiger partial charge on any atom is -0.489 e. The number of hydrogen-bond acceptors (Lipinski definition) is 4. The third-order valence-electron chi connectivity index (χ3n) is 3.68. The normalized spacial score (nSPS) is 10.0. The number of halogens is 4. The van der Waals surface area contributed by atoms with E-state index < -0.39 is 0 Å². The number of para-hydroxylation sites is 1. The maximum absolute atomic E-state index is 8.70. The summed E-state index contributed by atoms with van der Waals surface area (Å²) in [7, 11) is 0. The van der Waals surface area contributed by atoms with Gasteiger partial charge in [0.2, 0.25) is 0 Å². The Kier molecular flexibility index (Phi) is 14.8. The fourth-order valence-corrected chi connectivity index (χ4v) is 2.81. The lowest BCUT2D eigenvalue weighted by Gasteiger charge is -2.13. The van der Waals surface area contributed by atoms with Gasteiger partial charge in [-0.15, -0.1) is 24.8 Å². The number of aliphatic hydroxyl groups excluding tert-OH is 1. The van der Waals surface area contributed by atoms with E-state index in [0.29, 0.717) is 23.2 Å². The SMILES string of the molecule is Cl.Cl.OCCNCCCNCc1ccccc1OCc1ccc(Cl)cc1Cl. The summed E-state index contributed by atoms with van der Waals surface area (Å²) >= 11 is 12.1. The van der Waals surface area contributed by atoms with Crippen LogP contribution in [-0.2, 0) is 13.2 Å². The topological polar surface area (TPSA) is 53.5 Å². The molecule has 2 rings (SSSR count). The molecule has 0 fully saturated rings. The highest BCUT2D eigenvalue weighted by atomic mass is 35.5. The maximum atomic E-state index is 8.70. The van der Waals surface area contributed by atoms with E-state index in [1.807, 2.05) is 30.3 Å². The molecule has 0 spiro atoms. The third kappa shape index (κ3) is 9.86. The first-order chi connectivity index (χ1) is 12.2. The monoisotopic (exact) mass is 454 g/mol. The van der Waals surface area contributed by atoms with Crippen LogP contribution in [0.25, 0.3) is 0 Å². The molecule has 0 saturated heterocycles. The fraction of sp³-hybridized carbons (Fsp3) is 0.368. The predicted octanol–water partition coefficient (Wildman–Crippen LogP) is 4.48. The second kappa shape index (κ2) is 15.2. The van der Waals surface area contributed by atoms with E-state index in [0.717, 1.165) is 42.9 Å². The molecule has 0 radical (unpaired) electrons. The quantitative estimate of drug-likeness (QED) is 0.437. The van der Waals surface area contributed by atoms with Crippen LogP contribution in [0.15, 0.2) is 42.5 Å². The van der Waals surface area contributed by atoms with Crippen molar-refractivity contribution in [2.24, 2.45) is 0 Å². The first-order valence-electron chi connectivity index (χ1n) is 8.37. The molecule has 0 saturated carbocycles. The van der Waals surface area contributed by atoms with E-state index in [9.17, 15) is 0 Å². The van der Waals surface area contributed by atoms with Gasteiger partial charge >= 0.3 is 0 Å². The van der Waals surface area contributed by atoms with Crippen LogP contribution in [0.5, 0.6) is 5.75 Å². The number of aliphatic hydroxyl groups is 1. The summed E-state index contributed by atoms with van der Waals surface area (Å²) < 4.78 is 5.95. The Balaban J connectivity index is 0.00000338. The second-order valence-corrected chi connectivity index (χ2v) is 6.48. The van der Waals surface area contributed by atoms with E-state index in [1.165, 1.54) is 0 Å². The number of rotatable bonds is 11. The van der Waals surface area contributed by atoms with Gasteiger partial charge < -0.3 is 20.5 Å². The summed E-state index contributed by atoms with van der Waals surface area (Å²) in [5, 5.41) is 16.5. The van der Waals surface area contributed by atoms with Gasteiger partial charge in [-0.05, 0) is 37.7 Å². The number of benzene rings is 2. The zero-order valence-corrected chi connectivity index (χ0v) is 18.1. The largest absolute Gasteiger partial charge is 0.489 e. The lowest BCUT2D eigenvalue weighted by atomic mass is 10.2. The smallest absolute Gasteiger partial charge is 0.124 e. The summed E-state index contributed by atoms with van der Waals surface area (Å²) in [5.74, 6) is 0.847. The third-order valence-corrected chi connectivity index (χ3v) is 4.27. The van der Waals surface area contributed by atoms with Crippen LogP contribution < -0.4 is 15.4 Å². The van der Waals surface area contributed by atoms with Crippen molar-refractivity contribution < 1.29 is 9.84 Å². The molecule has 0 aliphatic heterocycles. The van der Waals surface area contributed by atoms with E-state index in [-0.39, 0.29) is 31.4 Å². The molecule has 0 heterocycles. The van der Waals surface area contributed by atoms with E-state index in [4.69, 9.17) is 33.0 Å². The average Bonchev–Trinajstić information content (AvgIpc) is 2.61. The maximum Gasteiger partial charge on any atom is 0.124 e. The lowest BCUT2D eigenvalue weighted by Crippen LogP contribution is -2.24. The molecule has 0 aromatic heterocycles. The molecule has 4 nitrogen and oxygen atoms in total. The van der Waals surface area contributed by atoms with Crippen LogP contribution in [0, 0.1) is 0 Å². The van der Waals surface area contributed by atoms with Gasteiger partial charge in [-0.3, -0.25) is 0 Å². The summed E-state index contributed by atoms with van der Waals surface area (Å²) in [4.78, 5) is 0. The average molecular weight is 456 g/mol. The van der Waals surface area contributed by atoms with E-state index in [2.05, 4.69) is 16.7 Å². The molecule has 8 heteroatoms. The van der Waals surface area contributed by atoms with Crippen LogP contribution >= 0.6 is 48.0 Å². The van der Waals surface area contributed by atoms with Gasteiger partial charge in [0.1, 0.15) is 12.4 Å². The molecular weight excluding hydrogens is 430 g/mol. The predicted molar refractivity (Wildman–Crippen MR) is 118 cm³/mol. The number of hydrogen-bond donors (Lipinski definition) is 3. The Morgan fingerprint density at radius 3 is 2.37 bits per heavy atom. The van der Waals surface area contributed by atoms with Crippen molar-refractivity contribution in [3.63, 3.8) is 0 Å². The molecule has 2 aromatic carbocycles. The van der Waals surface area contributed by atoms with Gasteiger partial charge in [0, 0.05) is 34.3 Å². The van der Waals surface area contributed by atoms with Gasteiger partial charge in [-0.1, -0.05) is 47.5 Å². The summed E-state index contributed by atoms with van der Waals surface area (Å²) in [6.45, 7) is 3.75. The Morgan fingerprint density at radius 2 is 1.63 bits per heavy atom. The van der Waals surface area contributed by atoms with Crippen LogP contribution in [0.4, 0.5) is 0 Å². The standard InChI is InChI=1S/C19H24Cl2N2O2.2ClH/c20-17-7-6-16(18(21)12-17)14-25-19-5-2-1-4-15(19)13-23-9-3-8-22-10-11-24;;/h1-2,4-7,12,22-24H,3,8-11,13-14H2;2*1H. The Hall–Kier alpha value is -0.720. The van der Waals surface area contributed by atoms with Gasteiger partial charge in [-0.2, -0.15) is 0 Å². The molecule has 0 bridgehead atoms. The van der Waals surface area contributed by atoms with Crippen LogP contribution in [-0.4, -0.2) is 31.3 Å². The minimum absolute atomic E-state index is 0. The summed E-state index contributed by atoms with van der Waals surface area (Å²) in [6, 6.07) is 13.4. The summed E-state index contributed by atoms with van der Waals surface area (Å²) in [5.41, 5.74) is 2.01. The Bertz CT molecular complexity index is 659. The molecule has 0 aliphatic carbocycles. The molecule has 0 unspecified atom stereocenters. The highest BCUT2D eigenvalue weighted by Gasteiger charge is 2.06. The van der Waals surface area contributed by atoms with Crippen LogP contribution in [0.1, 0.15) is 17.5 Å². The van der Waals surface area contributed by atoms with E-state index in [1.54, 1.807) is 6.07 Å². The second-order valence-electron chi connectivity index (χ2n) is 5.64. The first kappa shape index (κ1) is 26.3. The van der Waals surface area contributed by atoms with Crippen molar-refractivity contribution >= 4 is 48.0 Å². The van der Waals surface area contributed by atoms with Crippen molar-refractivity contribution in [1.82, 2.24) is 10.6 Å². The first-order valence-corrected chi connectivity index (χ1v) is 9.13. The molecule has 0 aliphatic rings. The van der Waals surface area contributed by atoms with E-state index >= 15 is 0 Å². The Labute approximate surface area is 183 Å². The van der Waals surface area contributed by atoms with Gasteiger partial charge in [0.15, 0.2) is 0 Å². The van der Waals surface area contributed by atoms with Gasteiger partial charge in [0.25, 0.3) is 0 Å². The molecule has 2 aromatic rings. The fourth-order valence-electron chi connectivity index (χ4n) is 2.35. The van der Waals surface area contributed by atoms with Crippen molar-refractivity contribution in [2.75, 3.05) is 26.2 Å².